The summed E-state index contributed by atoms with van der Waals surface area (Å²) in [5, 5.41) is 15.6. The van der Waals surface area contributed by atoms with Gasteiger partial charge in [-0.3, -0.25) is 10.1 Å². The summed E-state index contributed by atoms with van der Waals surface area (Å²) in [6.07, 6.45) is 1.73. The molecule has 6 nitrogen and oxygen atoms in total. The van der Waals surface area contributed by atoms with Crippen LogP contribution in [-0.4, -0.2) is 11.1 Å². The first-order valence-electron chi connectivity index (χ1n) is 8.57. The molecule has 0 amide bonds. The van der Waals surface area contributed by atoms with Crippen LogP contribution in [0.3, 0.4) is 0 Å². The van der Waals surface area contributed by atoms with Crippen molar-refractivity contribution in [1.29, 1.82) is 0 Å². The number of nitrogens with one attached hydrogen (secondary N) is 1. The number of hydrogen-bond donors (Lipinski definition) is 1. The molecular weight excluding hydrogens is 378 g/mol. The molecule has 3 rings (SSSR count). The van der Waals surface area contributed by atoms with Gasteiger partial charge in [-0.25, -0.2) is 0 Å². The number of hydrazone groups is 1. The number of nitro groups is 1. The SMILES string of the molecule is O=[N+]([O-])c1ccc(COc2ccc(/C=N\NCc3ccc(Cl)cc3)cc2)cc1. The Bertz CT molecular complexity index is 940. The van der Waals surface area contributed by atoms with Gasteiger partial charge in [-0.1, -0.05) is 23.7 Å². The third kappa shape index (κ3) is 5.82. The van der Waals surface area contributed by atoms with E-state index < -0.39 is 4.92 Å². The van der Waals surface area contributed by atoms with Crippen LogP contribution in [0.1, 0.15) is 16.7 Å². The highest BCUT2D eigenvalue weighted by molar-refractivity contribution is 6.30. The summed E-state index contributed by atoms with van der Waals surface area (Å²) in [6.45, 7) is 0.957. The zero-order valence-corrected chi connectivity index (χ0v) is 15.7. The zero-order valence-electron chi connectivity index (χ0n) is 14.9. The highest BCUT2D eigenvalue weighted by atomic mass is 35.5. The van der Waals surface area contributed by atoms with E-state index in [4.69, 9.17) is 16.3 Å². The van der Waals surface area contributed by atoms with Gasteiger partial charge in [0.2, 0.25) is 0 Å². The summed E-state index contributed by atoms with van der Waals surface area (Å²) < 4.78 is 5.70. The summed E-state index contributed by atoms with van der Waals surface area (Å²) in [5.74, 6) is 0.713. The fourth-order valence-electron chi connectivity index (χ4n) is 2.39. The topological polar surface area (TPSA) is 76.8 Å². The first-order valence-corrected chi connectivity index (χ1v) is 8.94. The lowest BCUT2D eigenvalue weighted by Gasteiger charge is -2.06. The second-order valence-corrected chi connectivity index (χ2v) is 6.44. The van der Waals surface area contributed by atoms with Crippen LogP contribution in [0.2, 0.25) is 5.02 Å². The van der Waals surface area contributed by atoms with Crippen molar-refractivity contribution in [1.82, 2.24) is 5.43 Å². The predicted octanol–water partition coefficient (Wildman–Crippen LogP) is 4.95. The van der Waals surface area contributed by atoms with Crippen molar-refractivity contribution in [2.75, 3.05) is 0 Å². The first kappa shape index (κ1) is 19.4. The number of nitro benzene ring substituents is 1. The van der Waals surface area contributed by atoms with Gasteiger partial charge in [-0.2, -0.15) is 5.10 Å². The third-order valence-corrected chi connectivity index (χ3v) is 4.19. The van der Waals surface area contributed by atoms with Gasteiger partial charge in [-0.15, -0.1) is 0 Å². The van der Waals surface area contributed by atoms with E-state index in [-0.39, 0.29) is 5.69 Å². The van der Waals surface area contributed by atoms with E-state index in [1.807, 2.05) is 48.5 Å². The summed E-state index contributed by atoms with van der Waals surface area (Å²) in [7, 11) is 0. The summed E-state index contributed by atoms with van der Waals surface area (Å²) in [6, 6.07) is 21.4. The molecule has 3 aromatic rings. The molecular formula is C21H18ClN3O3. The lowest BCUT2D eigenvalue weighted by Crippen LogP contribution is -2.05. The monoisotopic (exact) mass is 395 g/mol. The van der Waals surface area contributed by atoms with E-state index in [0.717, 1.165) is 16.7 Å². The number of hydrogen-bond acceptors (Lipinski definition) is 5. The molecule has 28 heavy (non-hydrogen) atoms. The van der Waals surface area contributed by atoms with Crippen LogP contribution in [-0.2, 0) is 13.2 Å². The maximum atomic E-state index is 10.7. The highest BCUT2D eigenvalue weighted by Crippen LogP contribution is 2.16. The molecule has 0 bridgehead atoms. The van der Waals surface area contributed by atoms with Crippen LogP contribution < -0.4 is 10.2 Å². The quantitative estimate of drug-likeness (QED) is 0.332. The first-order chi connectivity index (χ1) is 13.6. The minimum Gasteiger partial charge on any atom is -0.489 e. The van der Waals surface area contributed by atoms with Crippen LogP contribution in [0.25, 0.3) is 0 Å². The molecule has 0 atom stereocenters. The van der Waals surface area contributed by atoms with E-state index in [0.29, 0.717) is 23.9 Å². The van der Waals surface area contributed by atoms with Crippen LogP contribution in [0, 0.1) is 10.1 Å². The Morgan fingerprint density at radius 1 is 0.964 bits per heavy atom. The average Bonchev–Trinajstić information content (AvgIpc) is 2.72. The Balaban J connectivity index is 1.46. The lowest BCUT2D eigenvalue weighted by molar-refractivity contribution is -0.384. The number of rotatable bonds is 8. The fraction of sp³-hybridized carbons (Fsp3) is 0.0952. The molecule has 0 saturated carbocycles. The Morgan fingerprint density at radius 2 is 1.61 bits per heavy atom. The molecule has 0 aliphatic heterocycles. The summed E-state index contributed by atoms with van der Waals surface area (Å²) in [4.78, 5) is 10.2. The number of non-ortho nitro benzene ring substituents is 1. The van der Waals surface area contributed by atoms with E-state index in [1.54, 1.807) is 18.3 Å². The Hall–Kier alpha value is -3.38. The molecule has 7 heteroatoms. The standard InChI is InChI=1S/C21H18ClN3O3/c22-19-7-1-16(2-8-19)13-23-24-14-17-5-11-21(12-6-17)28-15-18-3-9-20(10-4-18)25(26)27/h1-12,14,23H,13,15H2/b24-14-. The van der Waals surface area contributed by atoms with E-state index in [1.165, 1.54) is 12.1 Å². The molecule has 0 heterocycles. The van der Waals surface area contributed by atoms with Gasteiger partial charge in [0.05, 0.1) is 17.7 Å². The van der Waals surface area contributed by atoms with Crippen LogP contribution in [0.15, 0.2) is 77.9 Å². The average molecular weight is 396 g/mol. The Morgan fingerprint density at radius 3 is 2.25 bits per heavy atom. The van der Waals surface area contributed by atoms with Crippen LogP contribution in [0.4, 0.5) is 5.69 Å². The molecule has 3 aromatic carbocycles. The molecule has 0 aliphatic carbocycles. The summed E-state index contributed by atoms with van der Waals surface area (Å²) in [5.41, 5.74) is 5.95. The highest BCUT2D eigenvalue weighted by Gasteiger charge is 2.04. The van der Waals surface area contributed by atoms with Crippen molar-refractivity contribution in [3.05, 3.63) is 105 Å². The predicted molar refractivity (Wildman–Crippen MR) is 110 cm³/mol. The molecule has 0 aliphatic rings. The smallest absolute Gasteiger partial charge is 0.269 e. The van der Waals surface area contributed by atoms with E-state index in [2.05, 4.69) is 10.5 Å². The van der Waals surface area contributed by atoms with Gasteiger partial charge in [0.25, 0.3) is 5.69 Å². The number of halogens is 1. The van der Waals surface area contributed by atoms with Gasteiger partial charge in [0.1, 0.15) is 12.4 Å². The largest absolute Gasteiger partial charge is 0.489 e. The molecule has 0 spiro atoms. The molecule has 0 aromatic heterocycles. The van der Waals surface area contributed by atoms with Crippen molar-refractivity contribution in [3.8, 4) is 5.75 Å². The molecule has 0 fully saturated rings. The molecule has 142 valence electrons. The van der Waals surface area contributed by atoms with Crippen molar-refractivity contribution >= 4 is 23.5 Å². The van der Waals surface area contributed by atoms with Crippen LogP contribution in [0.5, 0.6) is 5.75 Å². The second kappa shape index (κ2) is 9.53. The van der Waals surface area contributed by atoms with Crippen LogP contribution >= 0.6 is 11.6 Å². The molecule has 0 saturated heterocycles. The number of benzene rings is 3. The zero-order chi connectivity index (χ0) is 19.8. The van der Waals surface area contributed by atoms with Gasteiger partial charge in [0.15, 0.2) is 0 Å². The molecule has 0 radical (unpaired) electrons. The fourth-order valence-corrected chi connectivity index (χ4v) is 2.52. The van der Waals surface area contributed by atoms with Crippen molar-refractivity contribution < 1.29 is 9.66 Å². The third-order valence-electron chi connectivity index (χ3n) is 3.93. The number of nitrogens with zero attached hydrogens (tertiary/aromatic N) is 2. The maximum absolute atomic E-state index is 10.7. The van der Waals surface area contributed by atoms with Gasteiger partial charge in [-0.05, 0) is 65.2 Å². The van der Waals surface area contributed by atoms with Crippen molar-refractivity contribution in [2.24, 2.45) is 5.10 Å². The summed E-state index contributed by atoms with van der Waals surface area (Å²) >= 11 is 5.86. The maximum Gasteiger partial charge on any atom is 0.269 e. The Labute approximate surface area is 167 Å². The van der Waals surface area contributed by atoms with E-state index in [9.17, 15) is 10.1 Å². The van der Waals surface area contributed by atoms with Crippen molar-refractivity contribution in [2.45, 2.75) is 13.2 Å². The molecule has 1 N–H and O–H groups in total. The normalized spacial score (nSPS) is 10.8. The minimum absolute atomic E-state index is 0.0667. The van der Waals surface area contributed by atoms with Gasteiger partial charge < -0.3 is 10.2 Å². The van der Waals surface area contributed by atoms with Gasteiger partial charge >= 0.3 is 0 Å². The Kier molecular flexibility index (Phi) is 6.59. The minimum atomic E-state index is -0.421. The van der Waals surface area contributed by atoms with E-state index >= 15 is 0 Å². The second-order valence-electron chi connectivity index (χ2n) is 6.00. The lowest BCUT2D eigenvalue weighted by atomic mass is 10.2. The van der Waals surface area contributed by atoms with Gasteiger partial charge in [0, 0.05) is 17.2 Å². The van der Waals surface area contributed by atoms with Crippen molar-refractivity contribution in [3.63, 3.8) is 0 Å². The molecule has 0 unspecified atom stereocenters. The number of ether oxygens (including phenoxy) is 1.